The van der Waals surface area contributed by atoms with E-state index in [9.17, 15) is 84.2 Å². The molecule has 0 aromatic rings. The molecule has 0 aliphatic carbocycles. The number of ether oxygens (including phenoxy) is 1. The third kappa shape index (κ3) is 5.28. The van der Waals surface area contributed by atoms with E-state index in [-0.39, 0.29) is 5.32 Å². The van der Waals surface area contributed by atoms with Gasteiger partial charge < -0.3 is 15.2 Å². The van der Waals surface area contributed by atoms with E-state index >= 15 is 0 Å². The maximum Gasteiger partial charge on any atom is 0.460 e. The third-order valence-electron chi connectivity index (χ3n) is 4.02. The van der Waals surface area contributed by atoms with Gasteiger partial charge in [0, 0.05) is 0 Å². The van der Waals surface area contributed by atoms with Crippen LogP contribution in [0.2, 0.25) is 0 Å². The molecule has 0 aromatic carbocycles. The topological polar surface area (TPSA) is 75.6 Å². The van der Waals surface area contributed by atoms with E-state index in [4.69, 9.17) is 5.11 Å². The summed E-state index contributed by atoms with van der Waals surface area (Å²) in [4.78, 5) is 22.2. The molecule has 0 heterocycles. The number of nitrogens with one attached hydrogen (secondary N) is 1. The smallest absolute Gasteiger partial charge is 0.460 e. The number of carbonyl (C=O) groups is 2. The lowest BCUT2D eigenvalue weighted by atomic mass is 9.87. The van der Waals surface area contributed by atoms with Gasteiger partial charge in [-0.3, -0.25) is 0 Å². The molecule has 22 heteroatoms. The largest absolute Gasteiger partial charge is 0.480 e. The number of amides is 1. The van der Waals surface area contributed by atoms with Crippen molar-refractivity contribution in [3.63, 3.8) is 0 Å². The van der Waals surface area contributed by atoms with Crippen molar-refractivity contribution in [1.29, 1.82) is 0 Å². The van der Waals surface area contributed by atoms with Crippen LogP contribution in [0.25, 0.3) is 0 Å². The fourth-order valence-electron chi connectivity index (χ4n) is 2.09. The highest BCUT2D eigenvalue weighted by Gasteiger charge is 2.95. The third-order valence-corrected chi connectivity index (χ3v) is 4.02. The first-order valence-corrected chi connectivity index (χ1v) is 8.62. The zero-order valence-electron chi connectivity index (χ0n) is 17.7. The number of carbonyl (C=O) groups excluding carboxylic acids is 1. The number of aliphatic carboxylic acids is 1. The van der Waals surface area contributed by atoms with Crippen molar-refractivity contribution < 1.29 is 94.1 Å². The Balaban J connectivity index is 6.87. The van der Waals surface area contributed by atoms with Crippen LogP contribution in [0.1, 0.15) is 20.8 Å². The van der Waals surface area contributed by atoms with Crippen LogP contribution >= 0.6 is 0 Å². The zero-order valence-corrected chi connectivity index (χ0v) is 17.7. The summed E-state index contributed by atoms with van der Waals surface area (Å²) in [5.41, 5.74) is -1.76. The van der Waals surface area contributed by atoms with Gasteiger partial charge in [-0.1, -0.05) is 0 Å². The molecule has 5 nitrogen and oxygen atoms in total. The molecular weight excluding hydrogens is 581 g/mol. The second-order valence-corrected chi connectivity index (χ2v) is 7.98. The fraction of sp³-hybridized carbons (Fsp3) is 0.867. The van der Waals surface area contributed by atoms with Crippen molar-refractivity contribution in [2.75, 3.05) is 0 Å². The summed E-state index contributed by atoms with van der Waals surface area (Å²) >= 11 is 0. The van der Waals surface area contributed by atoms with Gasteiger partial charge in [-0.15, -0.1) is 0 Å². The summed E-state index contributed by atoms with van der Waals surface area (Å²) in [6.07, 6.45) is -10.4. The molecule has 0 saturated heterocycles. The van der Waals surface area contributed by atoms with Gasteiger partial charge in [-0.2, -0.15) is 74.6 Å². The van der Waals surface area contributed by atoms with Crippen LogP contribution in [0.5, 0.6) is 0 Å². The Labute approximate surface area is 192 Å². The van der Waals surface area contributed by atoms with E-state index in [0.29, 0.717) is 0 Å². The number of carboxylic acids is 1. The lowest BCUT2D eigenvalue weighted by Crippen LogP contribution is -2.76. The van der Waals surface area contributed by atoms with Crippen molar-refractivity contribution >= 4 is 12.1 Å². The molecule has 2 N–H and O–H groups in total. The molecule has 0 spiro atoms. The molecule has 0 aromatic heterocycles. The number of halogens is 17. The highest BCUT2D eigenvalue weighted by atomic mass is 19.4. The summed E-state index contributed by atoms with van der Waals surface area (Å²) in [5.74, 6) is -62.6. The number of alkyl carbamates (subject to hydrolysis) is 1. The lowest BCUT2D eigenvalue weighted by Gasteiger charge is -2.43. The van der Waals surface area contributed by atoms with Gasteiger partial charge in [0.2, 0.25) is 6.04 Å². The van der Waals surface area contributed by atoms with Crippen LogP contribution in [0.4, 0.5) is 79.4 Å². The SMILES string of the molecule is CC(C)(C)OC(=O)NC(C(=O)O)C(F)(F)C(F)(F)C(F)(F)C(F)(F)C(F)(F)C(F)(F)C(F)(F)C(F)(F)F. The van der Waals surface area contributed by atoms with Crippen molar-refractivity contribution in [1.82, 2.24) is 5.32 Å². The predicted molar refractivity (Wildman–Crippen MR) is 81.5 cm³/mol. The van der Waals surface area contributed by atoms with Crippen LogP contribution in [0.3, 0.4) is 0 Å². The van der Waals surface area contributed by atoms with E-state index in [1.54, 1.807) is 0 Å². The molecule has 0 radical (unpaired) electrons. The zero-order chi connectivity index (χ0) is 30.6. The van der Waals surface area contributed by atoms with E-state index in [1.807, 2.05) is 0 Å². The van der Waals surface area contributed by atoms with Crippen molar-refractivity contribution in [2.45, 2.75) is 80.0 Å². The Morgan fingerprint density at radius 1 is 0.595 bits per heavy atom. The van der Waals surface area contributed by atoms with Gasteiger partial charge in [0.05, 0.1) is 0 Å². The van der Waals surface area contributed by atoms with Gasteiger partial charge in [0.15, 0.2) is 0 Å². The Morgan fingerprint density at radius 3 is 1.16 bits per heavy atom. The van der Waals surface area contributed by atoms with Crippen LogP contribution < -0.4 is 5.32 Å². The quantitative estimate of drug-likeness (QED) is 0.323. The summed E-state index contributed by atoms with van der Waals surface area (Å²) < 4.78 is 230. The number of alkyl halides is 17. The summed E-state index contributed by atoms with van der Waals surface area (Å²) in [6, 6.07) is -4.79. The molecule has 0 aliphatic heterocycles. The Morgan fingerprint density at radius 2 is 0.892 bits per heavy atom. The maximum absolute atomic E-state index is 14.1. The summed E-state index contributed by atoms with van der Waals surface area (Å²) in [6.45, 7) is 2.76. The Kier molecular flexibility index (Phi) is 8.48. The maximum atomic E-state index is 14.1. The molecule has 1 unspecified atom stereocenters. The van der Waals surface area contributed by atoms with Gasteiger partial charge in [0.1, 0.15) is 5.60 Å². The fourth-order valence-corrected chi connectivity index (χ4v) is 2.09. The molecule has 0 rings (SSSR count). The molecule has 0 saturated carbocycles. The molecule has 37 heavy (non-hydrogen) atoms. The number of carboxylic acid groups (broad SMARTS) is 1. The number of hydrogen-bond donors (Lipinski definition) is 2. The number of hydrogen-bond acceptors (Lipinski definition) is 3. The minimum Gasteiger partial charge on any atom is -0.480 e. The predicted octanol–water partition coefficient (Wildman–Crippen LogP) is 5.97. The van der Waals surface area contributed by atoms with Crippen molar-refractivity contribution in [2.24, 2.45) is 0 Å². The van der Waals surface area contributed by atoms with Gasteiger partial charge in [-0.25, -0.2) is 9.59 Å². The first kappa shape index (κ1) is 34.6. The van der Waals surface area contributed by atoms with Crippen molar-refractivity contribution in [3.8, 4) is 0 Å². The normalized spacial score (nSPS) is 16.3. The lowest BCUT2D eigenvalue weighted by molar-refractivity contribution is -0.462. The van der Waals surface area contributed by atoms with Crippen LogP contribution in [0.15, 0.2) is 0 Å². The summed E-state index contributed by atoms with van der Waals surface area (Å²) in [5, 5.41) is 8.85. The van der Waals surface area contributed by atoms with Crippen LogP contribution in [-0.4, -0.2) is 76.4 Å². The standard InChI is InChI=1S/C15H12F17NO4/c1-7(2,3)37-6(36)33-4(5(34)35)8(16,17)9(18,19)10(20,21)11(22,23)12(24,25)13(26,27)14(28,29)15(30,31)32/h4H,1-3H3,(H,33,36)(H,34,35). The number of rotatable bonds is 9. The minimum absolute atomic E-state index is 0.283. The average molecular weight is 593 g/mol. The second kappa shape index (κ2) is 9.09. The second-order valence-electron chi connectivity index (χ2n) is 7.98. The Hall–Kier alpha value is -2.45. The van der Waals surface area contributed by atoms with Crippen LogP contribution in [0, 0.1) is 0 Å². The Bertz CT molecular complexity index is 875. The van der Waals surface area contributed by atoms with E-state index < -0.39 is 71.3 Å². The molecule has 1 atom stereocenters. The van der Waals surface area contributed by atoms with Gasteiger partial charge in [-0.05, 0) is 20.8 Å². The minimum atomic E-state index is -8.87. The van der Waals surface area contributed by atoms with Gasteiger partial charge in [0.25, 0.3) is 0 Å². The molecular formula is C15H12F17NO4. The van der Waals surface area contributed by atoms with E-state index in [2.05, 4.69) is 4.74 Å². The van der Waals surface area contributed by atoms with E-state index in [0.717, 1.165) is 20.8 Å². The first-order valence-electron chi connectivity index (χ1n) is 8.62. The van der Waals surface area contributed by atoms with Crippen LogP contribution in [-0.2, 0) is 9.53 Å². The summed E-state index contributed by atoms with van der Waals surface area (Å²) in [7, 11) is 0. The highest BCUT2D eigenvalue weighted by Crippen LogP contribution is 2.64. The molecule has 220 valence electrons. The molecule has 0 fully saturated rings. The monoisotopic (exact) mass is 593 g/mol. The molecule has 0 aliphatic rings. The molecule has 0 bridgehead atoms. The van der Waals surface area contributed by atoms with Crippen molar-refractivity contribution in [3.05, 3.63) is 0 Å². The highest BCUT2D eigenvalue weighted by molar-refractivity contribution is 5.81. The van der Waals surface area contributed by atoms with E-state index in [1.165, 1.54) is 0 Å². The van der Waals surface area contributed by atoms with Gasteiger partial charge >= 0.3 is 59.7 Å². The first-order chi connectivity index (χ1) is 15.7. The molecule has 1 amide bonds. The average Bonchev–Trinajstić information content (AvgIpc) is 2.62.